The van der Waals surface area contributed by atoms with E-state index in [1.54, 1.807) is 6.92 Å². The molecule has 0 amide bonds. The molecule has 1 aromatic carbocycles. The molecule has 136 valence electrons. The normalized spacial score (nSPS) is 13.0. The molecule has 1 aromatic rings. The van der Waals surface area contributed by atoms with Gasteiger partial charge >= 0.3 is 5.97 Å². The van der Waals surface area contributed by atoms with Crippen molar-refractivity contribution in [3.05, 3.63) is 23.8 Å². The molecule has 1 rings (SSSR count). The average molecular weight is 358 g/mol. The van der Waals surface area contributed by atoms with Gasteiger partial charge in [-0.1, -0.05) is 13.8 Å². The molecular weight excluding hydrogens is 332 g/mol. The van der Waals surface area contributed by atoms with Crippen molar-refractivity contribution in [2.45, 2.75) is 38.1 Å². The Kier molecular flexibility index (Phi) is 7.65. The minimum Gasteiger partial charge on any atom is -0.478 e. The summed E-state index contributed by atoms with van der Waals surface area (Å²) in [5.74, 6) is -0.694. The topological polar surface area (TPSA) is 105 Å². The Labute approximate surface area is 143 Å². The molecule has 0 aromatic heterocycles. The predicted molar refractivity (Wildman–Crippen MR) is 93.0 cm³/mol. The summed E-state index contributed by atoms with van der Waals surface area (Å²) < 4.78 is 32.0. The van der Waals surface area contributed by atoms with Crippen LogP contribution in [0, 0.1) is 5.92 Å². The van der Waals surface area contributed by atoms with Gasteiger partial charge in [0.1, 0.15) is 0 Å². The van der Waals surface area contributed by atoms with E-state index in [0.717, 1.165) is 6.42 Å². The maximum absolute atomic E-state index is 12.3. The highest BCUT2D eigenvalue weighted by molar-refractivity contribution is 7.89. The molecule has 8 heteroatoms. The molecule has 0 aliphatic heterocycles. The van der Waals surface area contributed by atoms with Crippen molar-refractivity contribution in [3.8, 4) is 0 Å². The lowest BCUT2D eigenvalue weighted by molar-refractivity contribution is 0.0697. The molecule has 7 nitrogen and oxygen atoms in total. The Hall–Kier alpha value is -1.64. The smallest absolute Gasteiger partial charge is 0.337 e. The van der Waals surface area contributed by atoms with Crippen LogP contribution < -0.4 is 10.0 Å². The minimum absolute atomic E-state index is 0.0685. The molecule has 0 saturated carbocycles. The second-order valence-corrected chi connectivity index (χ2v) is 7.81. The fourth-order valence-corrected chi connectivity index (χ4v) is 3.39. The number of methoxy groups -OCH3 is 1. The quantitative estimate of drug-likeness (QED) is 0.592. The number of ether oxygens (including phenoxy) is 1. The van der Waals surface area contributed by atoms with Crippen molar-refractivity contribution in [2.75, 3.05) is 25.6 Å². The fraction of sp³-hybridized carbons (Fsp3) is 0.562. The Balaban J connectivity index is 3.02. The number of benzene rings is 1. The standard InChI is InChI=1S/C16H26N2O5S/c1-11(2)7-8-17-15-6-5-13(9-14(15)16(19)20)24(21,22)18-12(3)10-23-4/h5-6,9,11-12,17-18H,7-8,10H2,1-4H3,(H,19,20)/t12-/m0/s1. The van der Waals surface area contributed by atoms with E-state index in [2.05, 4.69) is 23.9 Å². The number of carbonyl (C=O) groups is 1. The van der Waals surface area contributed by atoms with Gasteiger partial charge in [0.05, 0.1) is 17.1 Å². The highest BCUT2D eigenvalue weighted by Crippen LogP contribution is 2.21. The van der Waals surface area contributed by atoms with Gasteiger partial charge < -0.3 is 15.2 Å². The van der Waals surface area contributed by atoms with Crippen LogP contribution in [0.4, 0.5) is 5.69 Å². The van der Waals surface area contributed by atoms with Crippen LogP contribution >= 0.6 is 0 Å². The summed E-state index contributed by atoms with van der Waals surface area (Å²) >= 11 is 0. The summed E-state index contributed by atoms with van der Waals surface area (Å²) in [7, 11) is -2.33. The summed E-state index contributed by atoms with van der Waals surface area (Å²) in [5, 5.41) is 12.4. The first-order valence-corrected chi connectivity index (χ1v) is 9.28. The van der Waals surface area contributed by atoms with Crippen LogP contribution in [-0.2, 0) is 14.8 Å². The minimum atomic E-state index is -3.81. The first kappa shape index (κ1) is 20.4. The lowest BCUT2D eigenvalue weighted by atomic mass is 10.1. The molecule has 0 heterocycles. The third-order valence-electron chi connectivity index (χ3n) is 3.34. The molecule has 0 saturated heterocycles. The monoisotopic (exact) mass is 358 g/mol. The third kappa shape index (κ3) is 6.10. The van der Waals surface area contributed by atoms with E-state index >= 15 is 0 Å². The number of hydrogen-bond donors (Lipinski definition) is 3. The Bertz CT molecular complexity index is 658. The highest BCUT2D eigenvalue weighted by Gasteiger charge is 2.20. The van der Waals surface area contributed by atoms with E-state index in [0.29, 0.717) is 18.2 Å². The number of anilines is 1. The van der Waals surface area contributed by atoms with E-state index in [9.17, 15) is 18.3 Å². The second kappa shape index (κ2) is 9.00. The zero-order chi connectivity index (χ0) is 18.3. The molecular formula is C16H26N2O5S. The van der Waals surface area contributed by atoms with Gasteiger partial charge in [-0.25, -0.2) is 17.9 Å². The van der Waals surface area contributed by atoms with Crippen molar-refractivity contribution in [2.24, 2.45) is 5.92 Å². The number of nitrogens with one attached hydrogen (secondary N) is 2. The number of sulfonamides is 1. The van der Waals surface area contributed by atoms with Crippen LogP contribution in [0.15, 0.2) is 23.1 Å². The van der Waals surface area contributed by atoms with Gasteiger partial charge in [-0.05, 0) is 37.5 Å². The van der Waals surface area contributed by atoms with Gasteiger partial charge in [-0.2, -0.15) is 0 Å². The average Bonchev–Trinajstić information content (AvgIpc) is 2.46. The van der Waals surface area contributed by atoms with Crippen LogP contribution in [-0.4, -0.2) is 45.8 Å². The lowest BCUT2D eigenvalue weighted by Gasteiger charge is -2.15. The van der Waals surface area contributed by atoms with Gasteiger partial charge in [0.2, 0.25) is 10.0 Å². The van der Waals surface area contributed by atoms with Crippen molar-refractivity contribution < 1.29 is 23.1 Å². The van der Waals surface area contributed by atoms with Crippen LogP contribution in [0.3, 0.4) is 0 Å². The summed E-state index contributed by atoms with van der Waals surface area (Å²) in [6.07, 6.45) is 0.884. The molecule has 0 aliphatic rings. The van der Waals surface area contributed by atoms with Crippen LogP contribution in [0.25, 0.3) is 0 Å². The maximum Gasteiger partial charge on any atom is 0.337 e. The summed E-state index contributed by atoms with van der Waals surface area (Å²) in [5.41, 5.74) is 0.341. The maximum atomic E-state index is 12.3. The van der Waals surface area contributed by atoms with E-state index in [1.807, 2.05) is 0 Å². The summed E-state index contributed by atoms with van der Waals surface area (Å²) in [6.45, 7) is 6.65. The first-order chi connectivity index (χ1) is 11.2. The second-order valence-electron chi connectivity index (χ2n) is 6.10. The van der Waals surface area contributed by atoms with Gasteiger partial charge in [-0.3, -0.25) is 0 Å². The highest BCUT2D eigenvalue weighted by atomic mass is 32.2. The first-order valence-electron chi connectivity index (χ1n) is 7.80. The van der Waals surface area contributed by atoms with Crippen molar-refractivity contribution in [3.63, 3.8) is 0 Å². The molecule has 24 heavy (non-hydrogen) atoms. The molecule has 1 atom stereocenters. The largest absolute Gasteiger partial charge is 0.478 e. The number of carboxylic acid groups (broad SMARTS) is 1. The Morgan fingerprint density at radius 1 is 1.29 bits per heavy atom. The van der Waals surface area contributed by atoms with Crippen molar-refractivity contribution in [1.29, 1.82) is 0 Å². The molecule has 3 N–H and O–H groups in total. The van der Waals surface area contributed by atoms with Gasteiger partial charge in [0.25, 0.3) is 0 Å². The summed E-state index contributed by atoms with van der Waals surface area (Å²) in [4.78, 5) is 11.4. The predicted octanol–water partition coefficient (Wildman–Crippen LogP) is 2.16. The van der Waals surface area contributed by atoms with Crippen molar-refractivity contribution >= 4 is 21.7 Å². The molecule has 0 bridgehead atoms. The van der Waals surface area contributed by atoms with Crippen LogP contribution in [0.1, 0.15) is 37.6 Å². The molecule has 0 unspecified atom stereocenters. The SMILES string of the molecule is COC[C@H](C)NS(=O)(=O)c1ccc(NCCC(C)C)c(C(=O)O)c1. The number of aromatic carboxylic acids is 1. The van der Waals surface area contributed by atoms with Crippen molar-refractivity contribution in [1.82, 2.24) is 4.72 Å². The van der Waals surface area contributed by atoms with Gasteiger partial charge in [-0.15, -0.1) is 0 Å². The lowest BCUT2D eigenvalue weighted by Crippen LogP contribution is -2.35. The molecule has 0 radical (unpaired) electrons. The zero-order valence-corrected chi connectivity index (χ0v) is 15.3. The van der Waals surface area contributed by atoms with Crippen LogP contribution in [0.2, 0.25) is 0 Å². The molecule has 0 fully saturated rings. The van der Waals surface area contributed by atoms with Crippen LogP contribution in [0.5, 0.6) is 0 Å². The summed E-state index contributed by atoms with van der Waals surface area (Å²) in [6, 6.07) is 3.63. The fourth-order valence-electron chi connectivity index (χ4n) is 2.13. The van der Waals surface area contributed by atoms with E-state index in [1.165, 1.54) is 25.3 Å². The van der Waals surface area contributed by atoms with E-state index in [4.69, 9.17) is 4.74 Å². The number of hydrogen-bond acceptors (Lipinski definition) is 5. The van der Waals surface area contributed by atoms with Gasteiger partial charge in [0, 0.05) is 25.4 Å². The number of carboxylic acids is 1. The van der Waals surface area contributed by atoms with E-state index in [-0.39, 0.29) is 17.1 Å². The third-order valence-corrected chi connectivity index (χ3v) is 4.93. The Morgan fingerprint density at radius 2 is 1.96 bits per heavy atom. The number of rotatable bonds is 10. The van der Waals surface area contributed by atoms with Gasteiger partial charge in [0.15, 0.2) is 0 Å². The van der Waals surface area contributed by atoms with E-state index < -0.39 is 22.0 Å². The Morgan fingerprint density at radius 3 is 2.50 bits per heavy atom. The zero-order valence-electron chi connectivity index (χ0n) is 14.5. The molecule has 0 spiro atoms. The molecule has 0 aliphatic carbocycles.